The lowest BCUT2D eigenvalue weighted by Crippen LogP contribution is -2.50. The van der Waals surface area contributed by atoms with Gasteiger partial charge >= 0.3 is 0 Å². The molecule has 0 bridgehead atoms. The highest BCUT2D eigenvalue weighted by Crippen LogP contribution is 2.29. The molecule has 3 rings (SSSR count). The summed E-state index contributed by atoms with van der Waals surface area (Å²) in [5.74, 6) is -0.0816. The number of fused-ring (bicyclic) bond motifs is 1. The zero-order chi connectivity index (χ0) is 16.1. The molecule has 1 aromatic carbocycles. The van der Waals surface area contributed by atoms with Gasteiger partial charge in [-0.3, -0.25) is 4.79 Å². The van der Waals surface area contributed by atoms with Crippen LogP contribution in [0.4, 0.5) is 5.69 Å². The molecule has 0 aromatic heterocycles. The van der Waals surface area contributed by atoms with E-state index in [1.165, 1.54) is 24.0 Å². The first-order valence-corrected chi connectivity index (χ1v) is 8.79. The average molecular weight is 311 g/mol. The molecule has 0 unspecified atom stereocenters. The molecule has 1 saturated carbocycles. The van der Waals surface area contributed by atoms with E-state index in [1.807, 2.05) is 0 Å². The van der Waals surface area contributed by atoms with Gasteiger partial charge in [-0.1, -0.05) is 31.4 Å². The molecule has 0 saturated heterocycles. The smallest absolute Gasteiger partial charge is 0.240 e. The first-order valence-electron chi connectivity index (χ1n) is 8.79. The maximum atomic E-state index is 12.3. The Balaban J connectivity index is 1.60. The standard InChI is InChI=1S/C19H25N3O/c20-14-19(11-4-1-5-12-19)22-18(23)13-21-17-10-6-8-15-7-2-3-9-16(15)17/h6,8,10,21H,1-5,7,9,11-13H2,(H,22,23). The van der Waals surface area contributed by atoms with Crippen LogP contribution < -0.4 is 10.6 Å². The molecule has 0 spiro atoms. The molecule has 2 aliphatic rings. The number of aryl methyl sites for hydroxylation is 1. The number of carbonyl (C=O) groups is 1. The molecule has 2 N–H and O–H groups in total. The SMILES string of the molecule is N#CC1(NC(=O)CNc2cccc3c2CCCC3)CCCCC1. The molecule has 122 valence electrons. The highest BCUT2D eigenvalue weighted by Gasteiger charge is 2.33. The summed E-state index contributed by atoms with van der Waals surface area (Å²) in [7, 11) is 0. The van der Waals surface area contributed by atoms with Gasteiger partial charge in [0.15, 0.2) is 0 Å². The Morgan fingerprint density at radius 3 is 2.70 bits per heavy atom. The number of carbonyl (C=O) groups excluding carboxylic acids is 1. The third kappa shape index (κ3) is 3.67. The number of anilines is 1. The third-order valence-corrected chi connectivity index (χ3v) is 5.14. The summed E-state index contributed by atoms with van der Waals surface area (Å²) in [6, 6.07) is 8.64. The molecule has 0 atom stereocenters. The van der Waals surface area contributed by atoms with Gasteiger partial charge in [-0.05, 0) is 55.7 Å². The predicted molar refractivity (Wildman–Crippen MR) is 91.1 cm³/mol. The number of hydrogen-bond donors (Lipinski definition) is 2. The molecule has 4 nitrogen and oxygen atoms in total. The molecule has 0 radical (unpaired) electrons. The maximum Gasteiger partial charge on any atom is 0.240 e. The lowest BCUT2D eigenvalue weighted by molar-refractivity contribution is -0.121. The summed E-state index contributed by atoms with van der Waals surface area (Å²) in [6.07, 6.45) is 9.44. The fraction of sp³-hybridized carbons (Fsp3) is 0.579. The maximum absolute atomic E-state index is 12.3. The molecule has 4 heteroatoms. The Morgan fingerprint density at radius 1 is 1.13 bits per heavy atom. The summed E-state index contributed by atoms with van der Waals surface area (Å²) < 4.78 is 0. The van der Waals surface area contributed by atoms with Crippen LogP contribution in [0.2, 0.25) is 0 Å². The topological polar surface area (TPSA) is 64.9 Å². The van der Waals surface area contributed by atoms with Crippen LogP contribution in [-0.2, 0) is 17.6 Å². The van der Waals surface area contributed by atoms with Crippen molar-refractivity contribution >= 4 is 11.6 Å². The second kappa shape index (κ2) is 7.04. The van der Waals surface area contributed by atoms with Crippen molar-refractivity contribution in [3.63, 3.8) is 0 Å². The van der Waals surface area contributed by atoms with Gasteiger partial charge in [0, 0.05) is 5.69 Å². The van der Waals surface area contributed by atoms with Gasteiger partial charge in [-0.2, -0.15) is 5.26 Å². The normalized spacial score (nSPS) is 19.3. The van der Waals surface area contributed by atoms with Gasteiger partial charge in [0.25, 0.3) is 0 Å². The van der Waals surface area contributed by atoms with E-state index in [-0.39, 0.29) is 12.5 Å². The third-order valence-electron chi connectivity index (χ3n) is 5.14. The Kier molecular flexibility index (Phi) is 4.85. The van der Waals surface area contributed by atoms with Crippen LogP contribution in [0.25, 0.3) is 0 Å². The highest BCUT2D eigenvalue weighted by molar-refractivity contribution is 5.82. The number of nitrogens with one attached hydrogen (secondary N) is 2. The predicted octanol–water partition coefficient (Wildman–Crippen LogP) is 3.32. The number of benzene rings is 1. The molecule has 1 aromatic rings. The lowest BCUT2D eigenvalue weighted by atomic mass is 9.83. The summed E-state index contributed by atoms with van der Waals surface area (Å²) >= 11 is 0. The molecule has 1 amide bonds. The Bertz CT molecular complexity index is 612. The monoisotopic (exact) mass is 311 g/mol. The van der Waals surface area contributed by atoms with E-state index >= 15 is 0 Å². The number of hydrogen-bond acceptors (Lipinski definition) is 3. The van der Waals surface area contributed by atoms with Gasteiger partial charge < -0.3 is 10.6 Å². The summed E-state index contributed by atoms with van der Waals surface area (Å²) in [5, 5.41) is 15.7. The molecular formula is C19H25N3O. The molecule has 2 aliphatic carbocycles. The van der Waals surface area contributed by atoms with E-state index in [4.69, 9.17) is 0 Å². The van der Waals surface area contributed by atoms with Crippen molar-refractivity contribution in [2.24, 2.45) is 0 Å². The first kappa shape index (κ1) is 15.9. The lowest BCUT2D eigenvalue weighted by Gasteiger charge is -2.31. The van der Waals surface area contributed by atoms with Crippen molar-refractivity contribution in [2.75, 3.05) is 11.9 Å². The van der Waals surface area contributed by atoms with Gasteiger partial charge in [0.2, 0.25) is 5.91 Å². The molecule has 0 heterocycles. The number of nitrogens with zero attached hydrogens (tertiary/aromatic N) is 1. The largest absolute Gasteiger partial charge is 0.376 e. The molecule has 0 aliphatic heterocycles. The Labute approximate surface area is 138 Å². The average Bonchev–Trinajstić information content (AvgIpc) is 2.60. The molecular weight excluding hydrogens is 286 g/mol. The highest BCUT2D eigenvalue weighted by atomic mass is 16.2. The van der Waals surface area contributed by atoms with Crippen molar-refractivity contribution in [2.45, 2.75) is 63.3 Å². The van der Waals surface area contributed by atoms with Gasteiger partial charge in [0.05, 0.1) is 12.6 Å². The van der Waals surface area contributed by atoms with Crippen LogP contribution >= 0.6 is 0 Å². The summed E-state index contributed by atoms with van der Waals surface area (Å²) in [5.41, 5.74) is 3.20. The Morgan fingerprint density at radius 2 is 1.91 bits per heavy atom. The number of rotatable bonds is 4. The van der Waals surface area contributed by atoms with E-state index in [1.54, 1.807) is 0 Å². The molecule has 1 fully saturated rings. The van der Waals surface area contributed by atoms with E-state index in [9.17, 15) is 10.1 Å². The van der Waals surface area contributed by atoms with Crippen molar-refractivity contribution in [1.82, 2.24) is 5.32 Å². The Hall–Kier alpha value is -2.02. The minimum Gasteiger partial charge on any atom is -0.376 e. The van der Waals surface area contributed by atoms with E-state index in [2.05, 4.69) is 34.9 Å². The van der Waals surface area contributed by atoms with Crippen LogP contribution in [0.15, 0.2) is 18.2 Å². The quantitative estimate of drug-likeness (QED) is 0.896. The van der Waals surface area contributed by atoms with Crippen LogP contribution in [-0.4, -0.2) is 18.0 Å². The van der Waals surface area contributed by atoms with Crippen molar-refractivity contribution in [1.29, 1.82) is 5.26 Å². The minimum atomic E-state index is -0.646. The van der Waals surface area contributed by atoms with Gasteiger partial charge in [0.1, 0.15) is 5.54 Å². The summed E-state index contributed by atoms with van der Waals surface area (Å²) in [6.45, 7) is 0.236. The van der Waals surface area contributed by atoms with Crippen molar-refractivity contribution in [3.8, 4) is 6.07 Å². The minimum absolute atomic E-state index is 0.0816. The van der Waals surface area contributed by atoms with Crippen LogP contribution in [0, 0.1) is 11.3 Å². The van der Waals surface area contributed by atoms with Crippen molar-refractivity contribution < 1.29 is 4.79 Å². The van der Waals surface area contributed by atoms with Gasteiger partial charge in [-0.15, -0.1) is 0 Å². The number of amides is 1. The first-order chi connectivity index (χ1) is 11.2. The second-order valence-corrected chi connectivity index (χ2v) is 6.81. The van der Waals surface area contributed by atoms with Crippen LogP contribution in [0.5, 0.6) is 0 Å². The van der Waals surface area contributed by atoms with E-state index in [0.29, 0.717) is 0 Å². The fourth-order valence-electron chi connectivity index (χ4n) is 3.85. The summed E-state index contributed by atoms with van der Waals surface area (Å²) in [4.78, 5) is 12.3. The van der Waals surface area contributed by atoms with E-state index in [0.717, 1.165) is 50.6 Å². The van der Waals surface area contributed by atoms with E-state index < -0.39 is 5.54 Å². The second-order valence-electron chi connectivity index (χ2n) is 6.81. The van der Waals surface area contributed by atoms with Crippen molar-refractivity contribution in [3.05, 3.63) is 29.3 Å². The van der Waals surface area contributed by atoms with Crippen LogP contribution in [0.3, 0.4) is 0 Å². The molecule has 23 heavy (non-hydrogen) atoms. The zero-order valence-corrected chi connectivity index (χ0v) is 13.7. The number of nitriles is 1. The van der Waals surface area contributed by atoms with Gasteiger partial charge in [-0.25, -0.2) is 0 Å². The van der Waals surface area contributed by atoms with Crippen LogP contribution in [0.1, 0.15) is 56.1 Å². The zero-order valence-electron chi connectivity index (χ0n) is 13.7. The fourth-order valence-corrected chi connectivity index (χ4v) is 3.85.